The highest BCUT2D eigenvalue weighted by atomic mass is 16.3. The minimum atomic E-state index is -2.65. The van der Waals surface area contributed by atoms with Gasteiger partial charge in [0.05, 0.1) is 11.6 Å². The predicted octanol–water partition coefficient (Wildman–Crippen LogP) is 2.22. The molecule has 0 unspecified atom stereocenters. The molecular weight excluding hydrogens is 514 g/mol. The lowest BCUT2D eigenvalue weighted by molar-refractivity contribution is -0.153. The number of nitrogens with two attached hydrogens (primary N) is 1. The summed E-state index contributed by atoms with van der Waals surface area (Å²) in [5.41, 5.74) is 4.11. The maximum absolute atomic E-state index is 14.0. The number of carbonyl (C=O) groups excluding carboxylic acids is 3. The summed E-state index contributed by atoms with van der Waals surface area (Å²) in [7, 11) is 3.16. The number of fused-ring (bicyclic) bond motifs is 3. The smallest absolute Gasteiger partial charge is 0.255 e. The largest absolute Gasteiger partial charge is 0.508 e. The summed E-state index contributed by atoms with van der Waals surface area (Å²) in [5, 5.41) is 49.1. The molecule has 218 valence electrons. The van der Waals surface area contributed by atoms with Gasteiger partial charge >= 0.3 is 0 Å². The van der Waals surface area contributed by atoms with Crippen LogP contribution in [0, 0.1) is 17.3 Å². The number of aliphatic hydroxyl groups excluding tert-OH is 2. The number of aromatic hydroxyl groups is 1. The molecule has 4 atom stereocenters. The van der Waals surface area contributed by atoms with E-state index in [-0.39, 0.29) is 41.1 Å². The van der Waals surface area contributed by atoms with Gasteiger partial charge in [-0.2, -0.15) is 0 Å². The van der Waals surface area contributed by atoms with Crippen LogP contribution in [0.25, 0.3) is 5.76 Å². The van der Waals surface area contributed by atoms with Crippen LogP contribution in [-0.4, -0.2) is 75.1 Å². The van der Waals surface area contributed by atoms with E-state index in [2.05, 4.69) is 26.1 Å². The van der Waals surface area contributed by atoms with Crippen molar-refractivity contribution in [1.82, 2.24) is 10.2 Å². The molecule has 1 fully saturated rings. The number of amides is 1. The van der Waals surface area contributed by atoms with Crippen LogP contribution in [0.2, 0.25) is 0 Å². The van der Waals surface area contributed by atoms with Crippen molar-refractivity contribution in [2.45, 2.75) is 71.6 Å². The van der Waals surface area contributed by atoms with E-state index in [9.17, 15) is 34.8 Å². The Morgan fingerprint density at radius 1 is 1.20 bits per heavy atom. The standard InChI is InChI=1S/C30H41N3O7/c1-13(2)16-9-15(11-32-12-29(3,4)5)23(34)20-17(16)8-14-10-18-22(33(6)7)25(36)21(28(31)39)27(38)30(18,40)26(37)19(14)24(20)35/h9,13-14,18,22,32,34-35,38,40H,8,10-12H2,1-7H3,(H2,31,39)/t14-,18-,22-,30-/m0/s1. The fraction of sp³-hybridized carbons (Fsp3) is 0.567. The first kappa shape index (κ1) is 29.8. The number of nitrogens with zero attached hydrogens (tertiary/aromatic N) is 1. The van der Waals surface area contributed by atoms with Crippen molar-refractivity contribution in [3.63, 3.8) is 0 Å². The number of ketones is 2. The summed E-state index contributed by atoms with van der Waals surface area (Å²) < 4.78 is 0. The Kier molecular flexibility index (Phi) is 7.45. The summed E-state index contributed by atoms with van der Waals surface area (Å²) in [5.74, 6) is -6.38. The Balaban J connectivity index is 1.91. The number of likely N-dealkylation sites (N-methyl/N-ethyl adjacent to an activating group) is 1. The van der Waals surface area contributed by atoms with Crippen LogP contribution >= 0.6 is 0 Å². The van der Waals surface area contributed by atoms with Gasteiger partial charge in [-0.25, -0.2) is 0 Å². The van der Waals surface area contributed by atoms with Crippen molar-refractivity contribution >= 4 is 23.2 Å². The number of Topliss-reactive ketones (excluding diaryl/α,β-unsaturated/α-hetero) is 2. The fourth-order valence-corrected chi connectivity index (χ4v) is 6.62. The number of hydrogen-bond donors (Lipinski definition) is 6. The summed E-state index contributed by atoms with van der Waals surface area (Å²) in [6, 6.07) is 0.820. The van der Waals surface area contributed by atoms with Crippen molar-refractivity contribution in [3.05, 3.63) is 45.2 Å². The lowest BCUT2D eigenvalue weighted by atomic mass is 9.57. The van der Waals surface area contributed by atoms with Gasteiger partial charge in [-0.3, -0.25) is 19.3 Å². The second-order valence-electron chi connectivity index (χ2n) is 13.1. The highest BCUT2D eigenvalue weighted by Gasteiger charge is 2.64. The molecule has 0 spiro atoms. The van der Waals surface area contributed by atoms with Crippen LogP contribution in [0.1, 0.15) is 69.2 Å². The molecule has 10 nitrogen and oxygen atoms in total. The minimum Gasteiger partial charge on any atom is -0.508 e. The number of primary amides is 1. The topological polar surface area (TPSA) is 173 Å². The van der Waals surface area contributed by atoms with Gasteiger partial charge in [0, 0.05) is 30.1 Å². The van der Waals surface area contributed by atoms with Crippen molar-refractivity contribution in [1.29, 1.82) is 0 Å². The van der Waals surface area contributed by atoms with Crippen molar-refractivity contribution in [2.24, 2.45) is 23.0 Å². The molecule has 3 aliphatic rings. The van der Waals surface area contributed by atoms with Gasteiger partial charge in [0.15, 0.2) is 11.4 Å². The van der Waals surface area contributed by atoms with E-state index in [0.717, 1.165) is 5.56 Å². The first-order valence-electron chi connectivity index (χ1n) is 13.7. The lowest BCUT2D eigenvalue weighted by Gasteiger charge is -2.50. The summed E-state index contributed by atoms with van der Waals surface area (Å²) in [6.07, 6.45) is 0.351. The van der Waals surface area contributed by atoms with E-state index in [1.165, 1.54) is 4.90 Å². The zero-order valence-electron chi connectivity index (χ0n) is 24.3. The maximum atomic E-state index is 14.0. The second kappa shape index (κ2) is 10.0. The molecule has 1 amide bonds. The zero-order chi connectivity index (χ0) is 30.1. The predicted molar refractivity (Wildman–Crippen MR) is 149 cm³/mol. The summed E-state index contributed by atoms with van der Waals surface area (Å²) >= 11 is 0. The molecule has 0 radical (unpaired) electrons. The molecule has 1 aromatic rings. The number of carbonyl (C=O) groups is 3. The number of hydrogen-bond acceptors (Lipinski definition) is 9. The van der Waals surface area contributed by atoms with Gasteiger partial charge in [0.25, 0.3) is 5.91 Å². The van der Waals surface area contributed by atoms with Crippen molar-refractivity contribution in [3.8, 4) is 5.75 Å². The van der Waals surface area contributed by atoms with Crippen LogP contribution in [-0.2, 0) is 27.3 Å². The van der Waals surface area contributed by atoms with E-state index in [1.807, 2.05) is 19.9 Å². The molecular formula is C30H41N3O7. The minimum absolute atomic E-state index is 0.00756. The van der Waals surface area contributed by atoms with Crippen LogP contribution in [0.4, 0.5) is 0 Å². The Bertz CT molecular complexity index is 1350. The SMILES string of the molecule is CC(C)c1cc(CNCC(C)(C)C)c(O)c2c1C[C@H]1C[C@H]3[C@H](N(C)C)C(=O)C(C(N)=O)=C(O)[C@@]3(O)C(=O)C1=C2O. The average molecular weight is 556 g/mol. The van der Waals surface area contributed by atoms with Crippen LogP contribution in [0.3, 0.4) is 0 Å². The molecule has 40 heavy (non-hydrogen) atoms. The van der Waals surface area contributed by atoms with Crippen LogP contribution < -0.4 is 11.1 Å². The lowest BCUT2D eigenvalue weighted by Crippen LogP contribution is -2.65. The van der Waals surface area contributed by atoms with Crippen LogP contribution in [0.15, 0.2) is 23.0 Å². The molecule has 0 bridgehead atoms. The zero-order valence-corrected chi connectivity index (χ0v) is 24.3. The Hall–Kier alpha value is -3.21. The molecule has 0 aliphatic heterocycles. The Morgan fingerprint density at radius 2 is 1.82 bits per heavy atom. The molecule has 10 heteroatoms. The van der Waals surface area contributed by atoms with E-state index in [0.29, 0.717) is 24.2 Å². The highest BCUT2D eigenvalue weighted by molar-refractivity contribution is 6.24. The van der Waals surface area contributed by atoms with E-state index < -0.39 is 58.0 Å². The van der Waals surface area contributed by atoms with Gasteiger partial charge in [0.2, 0.25) is 5.78 Å². The first-order valence-corrected chi connectivity index (χ1v) is 13.7. The van der Waals surface area contributed by atoms with Crippen molar-refractivity contribution < 1.29 is 34.8 Å². The highest BCUT2D eigenvalue weighted by Crippen LogP contribution is 2.53. The molecule has 1 aromatic carbocycles. The second-order valence-corrected chi connectivity index (χ2v) is 13.1. The molecule has 1 saturated carbocycles. The first-order chi connectivity index (χ1) is 18.4. The van der Waals surface area contributed by atoms with Crippen LogP contribution in [0.5, 0.6) is 5.75 Å². The number of rotatable bonds is 6. The number of nitrogens with one attached hydrogen (secondary N) is 1. The van der Waals surface area contributed by atoms with Gasteiger partial charge in [-0.05, 0) is 55.3 Å². The van der Waals surface area contributed by atoms with Gasteiger partial charge in [-0.15, -0.1) is 0 Å². The molecule has 0 heterocycles. The molecule has 4 rings (SSSR count). The molecule has 7 N–H and O–H groups in total. The number of benzene rings is 1. The number of phenolic OH excluding ortho intramolecular Hbond substituents is 1. The molecule has 0 aromatic heterocycles. The quantitative estimate of drug-likeness (QED) is 0.288. The maximum Gasteiger partial charge on any atom is 0.255 e. The van der Waals surface area contributed by atoms with E-state index >= 15 is 0 Å². The van der Waals surface area contributed by atoms with E-state index in [4.69, 9.17) is 5.73 Å². The Labute approximate surface area is 234 Å². The molecule has 3 aliphatic carbocycles. The molecule has 0 saturated heterocycles. The third kappa shape index (κ3) is 4.52. The van der Waals surface area contributed by atoms with Gasteiger partial charge in [0.1, 0.15) is 22.8 Å². The summed E-state index contributed by atoms with van der Waals surface area (Å²) in [4.78, 5) is 40.9. The van der Waals surface area contributed by atoms with Crippen molar-refractivity contribution in [2.75, 3.05) is 20.6 Å². The monoisotopic (exact) mass is 555 g/mol. The Morgan fingerprint density at radius 3 is 2.35 bits per heavy atom. The van der Waals surface area contributed by atoms with E-state index in [1.54, 1.807) is 14.1 Å². The number of phenols is 1. The van der Waals surface area contributed by atoms with Gasteiger partial charge < -0.3 is 31.5 Å². The normalized spacial score (nSPS) is 26.8. The average Bonchev–Trinajstić information content (AvgIpc) is 2.81. The van der Waals surface area contributed by atoms with Gasteiger partial charge in [-0.1, -0.05) is 40.7 Å². The third-order valence-corrected chi connectivity index (χ3v) is 8.43. The fourth-order valence-electron chi connectivity index (χ4n) is 6.62. The third-order valence-electron chi connectivity index (χ3n) is 8.43. The summed E-state index contributed by atoms with van der Waals surface area (Å²) in [6.45, 7) is 11.3. The number of aliphatic hydroxyl groups is 3.